The Kier molecular flexibility index (Phi) is 2.14. The Morgan fingerprint density at radius 1 is 1.50 bits per heavy atom. The number of imidazole rings is 1. The molecule has 0 unspecified atom stereocenters. The van der Waals surface area contributed by atoms with Crippen molar-refractivity contribution in [2.75, 3.05) is 5.32 Å². The highest BCUT2D eigenvalue weighted by Gasteiger charge is 2.51. The lowest BCUT2D eigenvalue weighted by Gasteiger charge is -2.07. The van der Waals surface area contributed by atoms with Crippen molar-refractivity contribution in [1.82, 2.24) is 9.55 Å². The Morgan fingerprint density at radius 2 is 2.22 bits per heavy atom. The third-order valence-corrected chi connectivity index (χ3v) is 3.41. The molecule has 0 bridgehead atoms. The molecule has 1 fully saturated rings. The minimum Gasteiger partial charge on any atom is -0.313 e. The molecule has 0 atom stereocenters. The summed E-state index contributed by atoms with van der Waals surface area (Å²) in [5, 5.41) is 11.7. The van der Waals surface area contributed by atoms with E-state index < -0.39 is 5.41 Å². The van der Waals surface area contributed by atoms with Gasteiger partial charge in [0.15, 0.2) is 0 Å². The quantitative estimate of drug-likeness (QED) is 0.870. The summed E-state index contributed by atoms with van der Waals surface area (Å²) in [5.41, 5.74) is 0.963. The first-order valence-corrected chi connectivity index (χ1v) is 5.80. The molecule has 0 aliphatic heterocycles. The summed E-state index contributed by atoms with van der Waals surface area (Å²) in [6.07, 6.45) is 1.28. The minimum absolute atomic E-state index is 0.247. The maximum atomic E-state index is 12.0. The van der Waals surface area contributed by atoms with Crippen LogP contribution in [0.25, 0.3) is 11.0 Å². The van der Waals surface area contributed by atoms with Gasteiger partial charge >= 0.3 is 0 Å². The van der Waals surface area contributed by atoms with Crippen molar-refractivity contribution >= 4 is 22.9 Å². The van der Waals surface area contributed by atoms with Crippen LogP contribution in [0.2, 0.25) is 0 Å². The van der Waals surface area contributed by atoms with Gasteiger partial charge < -0.3 is 4.57 Å². The molecule has 1 aromatic heterocycles. The SMILES string of the molecule is Cn1c(NC(=O)C2(C#N)CC2)nc2ccccc21. The highest BCUT2D eigenvalue weighted by molar-refractivity contribution is 5.99. The Hall–Kier alpha value is -2.35. The van der Waals surface area contributed by atoms with Gasteiger partial charge in [-0.2, -0.15) is 5.26 Å². The predicted octanol–water partition coefficient (Wildman–Crippen LogP) is 1.82. The maximum absolute atomic E-state index is 12.0. The normalized spacial score (nSPS) is 16.2. The van der Waals surface area contributed by atoms with Gasteiger partial charge in [0.25, 0.3) is 0 Å². The van der Waals surface area contributed by atoms with E-state index in [2.05, 4.69) is 16.4 Å². The number of nitrogens with zero attached hydrogens (tertiary/aromatic N) is 3. The van der Waals surface area contributed by atoms with Gasteiger partial charge in [-0.05, 0) is 25.0 Å². The molecule has 1 N–H and O–H groups in total. The molecule has 1 aliphatic rings. The van der Waals surface area contributed by atoms with Crippen LogP contribution in [0.15, 0.2) is 24.3 Å². The van der Waals surface area contributed by atoms with E-state index in [1.807, 2.05) is 35.9 Å². The number of anilines is 1. The summed E-state index contributed by atoms with van der Waals surface area (Å²) in [7, 11) is 1.84. The monoisotopic (exact) mass is 240 g/mol. The molecular weight excluding hydrogens is 228 g/mol. The van der Waals surface area contributed by atoms with Crippen molar-refractivity contribution in [2.24, 2.45) is 12.5 Å². The second-order valence-corrected chi connectivity index (χ2v) is 4.63. The largest absolute Gasteiger partial charge is 0.313 e. The minimum atomic E-state index is -0.821. The first-order valence-electron chi connectivity index (χ1n) is 5.80. The number of carbonyl (C=O) groups is 1. The topological polar surface area (TPSA) is 70.7 Å². The average Bonchev–Trinajstić information content (AvgIpc) is 3.13. The number of nitrogens with one attached hydrogen (secondary N) is 1. The highest BCUT2D eigenvalue weighted by Crippen LogP contribution is 2.45. The van der Waals surface area contributed by atoms with Gasteiger partial charge in [-0.15, -0.1) is 0 Å². The van der Waals surface area contributed by atoms with E-state index in [4.69, 9.17) is 5.26 Å². The molecule has 1 heterocycles. The summed E-state index contributed by atoms with van der Waals surface area (Å²) < 4.78 is 1.82. The molecule has 1 saturated carbocycles. The molecule has 18 heavy (non-hydrogen) atoms. The fourth-order valence-electron chi connectivity index (χ4n) is 1.99. The Labute approximate surface area is 104 Å². The van der Waals surface area contributed by atoms with Crippen molar-refractivity contribution in [3.63, 3.8) is 0 Å². The van der Waals surface area contributed by atoms with Crippen LogP contribution in [0.4, 0.5) is 5.95 Å². The van der Waals surface area contributed by atoms with E-state index in [1.165, 1.54) is 0 Å². The van der Waals surface area contributed by atoms with E-state index in [0.717, 1.165) is 11.0 Å². The summed E-state index contributed by atoms with van der Waals surface area (Å²) in [6.45, 7) is 0. The number of hydrogen-bond donors (Lipinski definition) is 1. The summed E-state index contributed by atoms with van der Waals surface area (Å²) >= 11 is 0. The third-order valence-electron chi connectivity index (χ3n) is 3.41. The summed E-state index contributed by atoms with van der Waals surface area (Å²) in [5.74, 6) is 0.242. The van der Waals surface area contributed by atoms with Gasteiger partial charge in [0.2, 0.25) is 11.9 Å². The molecule has 1 amide bonds. The molecule has 2 aromatic rings. The number of benzene rings is 1. The van der Waals surface area contributed by atoms with E-state index >= 15 is 0 Å². The third kappa shape index (κ3) is 1.46. The zero-order chi connectivity index (χ0) is 12.8. The summed E-state index contributed by atoms with van der Waals surface area (Å²) in [6, 6.07) is 9.73. The van der Waals surface area contributed by atoms with Gasteiger partial charge in [0.05, 0.1) is 17.1 Å². The van der Waals surface area contributed by atoms with Crippen LogP contribution >= 0.6 is 0 Å². The Balaban J connectivity index is 1.94. The van der Waals surface area contributed by atoms with E-state index in [0.29, 0.717) is 18.8 Å². The molecule has 3 rings (SSSR count). The van der Waals surface area contributed by atoms with Crippen molar-refractivity contribution in [2.45, 2.75) is 12.8 Å². The van der Waals surface area contributed by atoms with E-state index in [1.54, 1.807) is 0 Å². The fourth-order valence-corrected chi connectivity index (χ4v) is 1.99. The van der Waals surface area contributed by atoms with Crippen molar-refractivity contribution in [1.29, 1.82) is 5.26 Å². The Morgan fingerprint density at radius 3 is 2.83 bits per heavy atom. The number of carbonyl (C=O) groups excluding carboxylic acids is 1. The first kappa shape index (κ1) is 10.8. The van der Waals surface area contributed by atoms with Crippen LogP contribution in [-0.4, -0.2) is 15.5 Å². The van der Waals surface area contributed by atoms with Gasteiger partial charge in [-0.3, -0.25) is 10.1 Å². The van der Waals surface area contributed by atoms with Gasteiger partial charge in [-0.1, -0.05) is 12.1 Å². The van der Waals surface area contributed by atoms with Crippen LogP contribution in [-0.2, 0) is 11.8 Å². The number of rotatable bonds is 2. The fraction of sp³-hybridized carbons (Fsp3) is 0.308. The molecule has 0 saturated heterocycles. The number of aryl methyl sites for hydroxylation is 1. The zero-order valence-electron chi connectivity index (χ0n) is 9.97. The number of hydrogen-bond acceptors (Lipinski definition) is 3. The molecule has 90 valence electrons. The van der Waals surface area contributed by atoms with Gasteiger partial charge in [-0.25, -0.2) is 4.98 Å². The lowest BCUT2D eigenvalue weighted by Crippen LogP contribution is -2.24. The van der Waals surface area contributed by atoms with Crippen LogP contribution in [0, 0.1) is 16.7 Å². The molecule has 1 aromatic carbocycles. The average molecular weight is 240 g/mol. The zero-order valence-corrected chi connectivity index (χ0v) is 9.97. The molecular formula is C13H12N4O. The number of nitriles is 1. The van der Waals surface area contributed by atoms with Crippen LogP contribution in [0.3, 0.4) is 0 Å². The Bertz CT molecular complexity index is 676. The van der Waals surface area contributed by atoms with Gasteiger partial charge in [0.1, 0.15) is 5.41 Å². The van der Waals surface area contributed by atoms with Crippen molar-refractivity contribution < 1.29 is 4.79 Å². The van der Waals surface area contributed by atoms with Crippen molar-refractivity contribution in [3.05, 3.63) is 24.3 Å². The lowest BCUT2D eigenvalue weighted by molar-refractivity contribution is -0.119. The maximum Gasteiger partial charge on any atom is 0.247 e. The van der Waals surface area contributed by atoms with Crippen LogP contribution in [0.1, 0.15) is 12.8 Å². The van der Waals surface area contributed by atoms with E-state index in [-0.39, 0.29) is 5.91 Å². The smallest absolute Gasteiger partial charge is 0.247 e. The second-order valence-electron chi connectivity index (χ2n) is 4.63. The van der Waals surface area contributed by atoms with Gasteiger partial charge in [0, 0.05) is 7.05 Å². The number of fused-ring (bicyclic) bond motifs is 1. The number of para-hydroxylation sites is 2. The lowest BCUT2D eigenvalue weighted by atomic mass is 10.1. The van der Waals surface area contributed by atoms with Crippen molar-refractivity contribution in [3.8, 4) is 6.07 Å². The second kappa shape index (κ2) is 3.57. The predicted molar refractivity (Wildman–Crippen MR) is 66.6 cm³/mol. The summed E-state index contributed by atoms with van der Waals surface area (Å²) in [4.78, 5) is 16.3. The molecule has 5 heteroatoms. The molecule has 5 nitrogen and oxygen atoms in total. The molecule has 0 radical (unpaired) electrons. The number of amides is 1. The van der Waals surface area contributed by atoms with E-state index in [9.17, 15) is 4.79 Å². The molecule has 0 spiro atoms. The number of aromatic nitrogens is 2. The van der Waals surface area contributed by atoms with Crippen LogP contribution in [0.5, 0.6) is 0 Å². The highest BCUT2D eigenvalue weighted by atomic mass is 16.2. The molecule has 1 aliphatic carbocycles. The van der Waals surface area contributed by atoms with Crippen LogP contribution < -0.4 is 5.32 Å². The first-order chi connectivity index (χ1) is 8.66. The standard InChI is InChI=1S/C13H12N4O/c1-17-10-5-3-2-4-9(10)15-12(17)16-11(18)13(8-14)6-7-13/h2-5H,6-7H2,1H3,(H,15,16,18).